The van der Waals surface area contributed by atoms with Crippen molar-refractivity contribution in [3.63, 3.8) is 0 Å². The minimum atomic E-state index is -0.856. The van der Waals surface area contributed by atoms with Gasteiger partial charge in [-0.2, -0.15) is 0 Å². The zero-order chi connectivity index (χ0) is 12.8. The molecule has 0 aromatic heterocycles. The Kier molecular flexibility index (Phi) is 5.85. The quantitative estimate of drug-likeness (QED) is 0.757. The zero-order valence-electron chi connectivity index (χ0n) is 10.4. The third kappa shape index (κ3) is 6.27. The molecule has 0 radical (unpaired) electrons. The number of hydrogen-bond acceptors (Lipinski definition) is 3. The minimum Gasteiger partial charge on any atom is -0.481 e. The second kappa shape index (κ2) is 6.35. The van der Waals surface area contributed by atoms with Crippen LogP contribution in [0.3, 0.4) is 0 Å². The van der Waals surface area contributed by atoms with Crippen LogP contribution in [-0.4, -0.2) is 30.3 Å². The van der Waals surface area contributed by atoms with Crippen molar-refractivity contribution >= 4 is 12.1 Å². The van der Waals surface area contributed by atoms with Crippen LogP contribution < -0.4 is 5.32 Å². The first kappa shape index (κ1) is 14.7. The standard InChI is InChI=1S/C11H21NO4/c1-5-16-10(15)12-7-8(6-9(13)14)11(2,3)4/h8H,5-7H2,1-4H3,(H,12,15)(H,13,14). The molecule has 5 heteroatoms. The van der Waals surface area contributed by atoms with E-state index in [2.05, 4.69) is 5.32 Å². The average Bonchev–Trinajstić information content (AvgIpc) is 2.10. The van der Waals surface area contributed by atoms with E-state index in [0.29, 0.717) is 13.2 Å². The van der Waals surface area contributed by atoms with Gasteiger partial charge < -0.3 is 15.2 Å². The summed E-state index contributed by atoms with van der Waals surface area (Å²) in [7, 11) is 0. The van der Waals surface area contributed by atoms with Crippen molar-refractivity contribution < 1.29 is 19.4 Å². The number of carbonyl (C=O) groups excluding carboxylic acids is 1. The Bertz CT molecular complexity index is 245. The number of aliphatic carboxylic acids is 1. The van der Waals surface area contributed by atoms with Crippen LogP contribution in [0.1, 0.15) is 34.1 Å². The van der Waals surface area contributed by atoms with Gasteiger partial charge in [0.1, 0.15) is 0 Å². The van der Waals surface area contributed by atoms with Gasteiger partial charge in [-0.1, -0.05) is 20.8 Å². The van der Waals surface area contributed by atoms with Crippen LogP contribution in [0.25, 0.3) is 0 Å². The molecule has 16 heavy (non-hydrogen) atoms. The SMILES string of the molecule is CCOC(=O)NCC(CC(=O)O)C(C)(C)C. The summed E-state index contributed by atoms with van der Waals surface area (Å²) in [6.07, 6.45) is -0.460. The van der Waals surface area contributed by atoms with Crippen LogP contribution in [-0.2, 0) is 9.53 Å². The molecule has 1 atom stereocenters. The van der Waals surface area contributed by atoms with Crippen molar-refractivity contribution in [2.24, 2.45) is 11.3 Å². The van der Waals surface area contributed by atoms with E-state index in [1.807, 2.05) is 20.8 Å². The molecule has 0 rings (SSSR count). The van der Waals surface area contributed by atoms with Gasteiger partial charge >= 0.3 is 12.1 Å². The Labute approximate surface area is 96.2 Å². The maximum atomic E-state index is 11.1. The summed E-state index contributed by atoms with van der Waals surface area (Å²) in [5.41, 5.74) is -0.169. The number of alkyl carbamates (subject to hydrolysis) is 1. The number of carboxylic acid groups (broad SMARTS) is 1. The topological polar surface area (TPSA) is 75.6 Å². The number of amides is 1. The van der Waals surface area contributed by atoms with Crippen molar-refractivity contribution in [1.82, 2.24) is 5.32 Å². The van der Waals surface area contributed by atoms with E-state index >= 15 is 0 Å². The first-order valence-corrected chi connectivity index (χ1v) is 5.39. The van der Waals surface area contributed by atoms with Gasteiger partial charge in [-0.05, 0) is 18.3 Å². The Hall–Kier alpha value is -1.26. The predicted molar refractivity (Wildman–Crippen MR) is 60.2 cm³/mol. The van der Waals surface area contributed by atoms with Crippen LogP contribution in [0.15, 0.2) is 0 Å². The molecule has 5 nitrogen and oxygen atoms in total. The van der Waals surface area contributed by atoms with Gasteiger partial charge in [-0.25, -0.2) is 4.79 Å². The maximum absolute atomic E-state index is 11.1. The molecular weight excluding hydrogens is 210 g/mol. The van der Waals surface area contributed by atoms with Gasteiger partial charge in [0.2, 0.25) is 0 Å². The summed E-state index contributed by atoms with van der Waals surface area (Å²) in [5.74, 6) is -0.972. The molecule has 0 aromatic carbocycles. The fourth-order valence-electron chi connectivity index (χ4n) is 1.28. The molecule has 0 saturated carbocycles. The van der Waals surface area contributed by atoms with Gasteiger partial charge in [0, 0.05) is 6.54 Å². The molecule has 0 bridgehead atoms. The fraction of sp³-hybridized carbons (Fsp3) is 0.818. The highest BCUT2D eigenvalue weighted by molar-refractivity contribution is 5.68. The summed E-state index contributed by atoms with van der Waals surface area (Å²) >= 11 is 0. The molecule has 0 saturated heterocycles. The molecular formula is C11H21NO4. The summed E-state index contributed by atoms with van der Waals surface area (Å²) in [4.78, 5) is 21.8. The van der Waals surface area contributed by atoms with Crippen molar-refractivity contribution in [3.05, 3.63) is 0 Å². The highest BCUT2D eigenvalue weighted by atomic mass is 16.5. The maximum Gasteiger partial charge on any atom is 0.407 e. The summed E-state index contributed by atoms with van der Waals surface area (Å²) in [6, 6.07) is 0. The highest BCUT2D eigenvalue weighted by Gasteiger charge is 2.27. The molecule has 0 aliphatic heterocycles. The first-order valence-electron chi connectivity index (χ1n) is 5.39. The van der Waals surface area contributed by atoms with Gasteiger partial charge in [0.25, 0.3) is 0 Å². The number of hydrogen-bond donors (Lipinski definition) is 2. The summed E-state index contributed by atoms with van der Waals surface area (Å²) in [6.45, 7) is 8.20. The van der Waals surface area contributed by atoms with E-state index in [4.69, 9.17) is 9.84 Å². The van der Waals surface area contributed by atoms with Gasteiger partial charge in [0.15, 0.2) is 0 Å². The van der Waals surface area contributed by atoms with E-state index in [-0.39, 0.29) is 17.8 Å². The molecule has 0 spiro atoms. The number of ether oxygens (including phenoxy) is 1. The molecule has 2 N–H and O–H groups in total. The number of carboxylic acids is 1. The minimum absolute atomic E-state index is 0.0376. The average molecular weight is 231 g/mol. The van der Waals surface area contributed by atoms with Crippen LogP contribution in [0, 0.1) is 11.3 Å². The summed E-state index contributed by atoms with van der Waals surface area (Å²) < 4.78 is 4.71. The normalized spacial score (nSPS) is 13.0. The monoisotopic (exact) mass is 231 g/mol. The molecule has 1 unspecified atom stereocenters. The molecule has 0 heterocycles. The molecule has 0 fully saturated rings. The van der Waals surface area contributed by atoms with Crippen LogP contribution in [0.2, 0.25) is 0 Å². The number of nitrogens with one attached hydrogen (secondary N) is 1. The molecule has 0 aromatic rings. The predicted octanol–water partition coefficient (Wildman–Crippen LogP) is 1.87. The third-order valence-corrected chi connectivity index (χ3v) is 2.41. The molecule has 94 valence electrons. The van der Waals surface area contributed by atoms with Crippen LogP contribution in [0.5, 0.6) is 0 Å². The smallest absolute Gasteiger partial charge is 0.407 e. The lowest BCUT2D eigenvalue weighted by molar-refractivity contribution is -0.139. The van der Waals surface area contributed by atoms with E-state index in [1.165, 1.54) is 0 Å². The van der Waals surface area contributed by atoms with Crippen LogP contribution in [0.4, 0.5) is 4.79 Å². The van der Waals surface area contributed by atoms with Crippen molar-refractivity contribution in [3.8, 4) is 0 Å². The molecule has 1 amide bonds. The first-order chi connectivity index (χ1) is 7.27. The van der Waals surface area contributed by atoms with E-state index in [0.717, 1.165) is 0 Å². The summed E-state index contributed by atoms with van der Waals surface area (Å²) in [5, 5.41) is 11.3. The second-order valence-electron chi connectivity index (χ2n) is 4.76. The van der Waals surface area contributed by atoms with Crippen LogP contribution >= 0.6 is 0 Å². The molecule has 0 aliphatic carbocycles. The largest absolute Gasteiger partial charge is 0.481 e. The van der Waals surface area contributed by atoms with E-state index in [1.54, 1.807) is 6.92 Å². The van der Waals surface area contributed by atoms with Gasteiger partial charge in [0.05, 0.1) is 13.0 Å². The second-order valence-corrected chi connectivity index (χ2v) is 4.76. The van der Waals surface area contributed by atoms with E-state index in [9.17, 15) is 9.59 Å². The third-order valence-electron chi connectivity index (χ3n) is 2.41. The van der Waals surface area contributed by atoms with E-state index < -0.39 is 12.1 Å². The lowest BCUT2D eigenvalue weighted by atomic mass is 9.79. The number of carbonyl (C=O) groups is 2. The van der Waals surface area contributed by atoms with Gasteiger partial charge in [-0.3, -0.25) is 4.79 Å². The lowest BCUT2D eigenvalue weighted by Crippen LogP contribution is -2.36. The van der Waals surface area contributed by atoms with Crippen molar-refractivity contribution in [1.29, 1.82) is 0 Å². The fourth-order valence-corrected chi connectivity index (χ4v) is 1.28. The molecule has 0 aliphatic rings. The lowest BCUT2D eigenvalue weighted by Gasteiger charge is -2.29. The van der Waals surface area contributed by atoms with Gasteiger partial charge in [-0.15, -0.1) is 0 Å². The van der Waals surface area contributed by atoms with Crippen molar-refractivity contribution in [2.45, 2.75) is 34.1 Å². The zero-order valence-corrected chi connectivity index (χ0v) is 10.4. The Morgan fingerprint density at radius 3 is 2.31 bits per heavy atom. The Morgan fingerprint density at radius 2 is 1.94 bits per heavy atom. The number of rotatable bonds is 5. The Balaban J connectivity index is 4.23. The Morgan fingerprint density at radius 1 is 1.38 bits per heavy atom. The van der Waals surface area contributed by atoms with Crippen molar-refractivity contribution in [2.75, 3.05) is 13.2 Å². The highest BCUT2D eigenvalue weighted by Crippen LogP contribution is 2.28.